The lowest BCUT2D eigenvalue weighted by atomic mass is 10.3. The van der Waals surface area contributed by atoms with Crippen LogP contribution in [0.1, 0.15) is 38.1 Å². The number of nitrogens with zero attached hydrogens (tertiary/aromatic N) is 3. The first-order valence-electron chi connectivity index (χ1n) is 7.42. The van der Waals surface area contributed by atoms with Crippen LogP contribution in [0.2, 0.25) is 0 Å². The topological polar surface area (TPSA) is 64.4 Å². The molecule has 1 rings (SSSR count). The molecule has 0 aliphatic rings. The summed E-state index contributed by atoms with van der Waals surface area (Å²) in [6.07, 6.45) is 1.15. The lowest BCUT2D eigenvalue weighted by Gasteiger charge is -2.21. The molecule has 0 bridgehead atoms. The minimum Gasteiger partial charge on any atom is -0.465 e. The Bertz CT molecular complexity index is 483. The van der Waals surface area contributed by atoms with Crippen LogP contribution in [-0.2, 0) is 20.9 Å². The van der Waals surface area contributed by atoms with Crippen LogP contribution in [-0.4, -0.2) is 46.3 Å². The number of aryl methyl sites for hydroxylation is 3. The van der Waals surface area contributed by atoms with Gasteiger partial charge in [-0.3, -0.25) is 14.3 Å². The zero-order chi connectivity index (χ0) is 15.8. The lowest BCUT2D eigenvalue weighted by molar-refractivity contribution is -0.149. The quantitative estimate of drug-likeness (QED) is 0.685. The van der Waals surface area contributed by atoms with Gasteiger partial charge in [-0.15, -0.1) is 0 Å². The van der Waals surface area contributed by atoms with Crippen molar-refractivity contribution in [3.05, 3.63) is 17.5 Å². The first-order valence-corrected chi connectivity index (χ1v) is 7.42. The molecule has 0 aromatic carbocycles. The molecule has 0 atom stereocenters. The van der Waals surface area contributed by atoms with E-state index in [-0.39, 0.29) is 18.4 Å². The average Bonchev–Trinajstić information content (AvgIpc) is 2.74. The number of hydrogen-bond acceptors (Lipinski definition) is 4. The Kier molecular flexibility index (Phi) is 6.91. The molecule has 0 fully saturated rings. The van der Waals surface area contributed by atoms with Gasteiger partial charge in [-0.05, 0) is 33.3 Å². The Labute approximate surface area is 126 Å². The SMILES string of the molecule is CCCN(CC(=O)OCC)C(=O)CCn1nc(C)cc1C. The lowest BCUT2D eigenvalue weighted by Crippen LogP contribution is -2.37. The maximum atomic E-state index is 12.2. The molecule has 1 heterocycles. The van der Waals surface area contributed by atoms with Gasteiger partial charge in [0.25, 0.3) is 0 Å². The van der Waals surface area contributed by atoms with Gasteiger partial charge in [-0.25, -0.2) is 0 Å². The van der Waals surface area contributed by atoms with Crippen LogP contribution >= 0.6 is 0 Å². The summed E-state index contributed by atoms with van der Waals surface area (Å²) in [5, 5.41) is 4.33. The molecule has 1 amide bonds. The third-order valence-electron chi connectivity index (χ3n) is 3.11. The van der Waals surface area contributed by atoms with Gasteiger partial charge in [-0.2, -0.15) is 5.10 Å². The summed E-state index contributed by atoms with van der Waals surface area (Å²) in [6.45, 7) is 9.08. The van der Waals surface area contributed by atoms with E-state index < -0.39 is 0 Å². The Hall–Kier alpha value is -1.85. The maximum absolute atomic E-state index is 12.2. The van der Waals surface area contributed by atoms with Crippen LogP contribution in [0.25, 0.3) is 0 Å². The molecular weight excluding hydrogens is 270 g/mol. The fraction of sp³-hybridized carbons (Fsp3) is 0.667. The van der Waals surface area contributed by atoms with E-state index in [1.54, 1.807) is 11.8 Å². The highest BCUT2D eigenvalue weighted by Crippen LogP contribution is 2.05. The van der Waals surface area contributed by atoms with Crippen LogP contribution in [0.3, 0.4) is 0 Å². The summed E-state index contributed by atoms with van der Waals surface area (Å²) in [5.74, 6) is -0.400. The van der Waals surface area contributed by atoms with Gasteiger partial charge in [0.05, 0.1) is 12.3 Å². The third kappa shape index (κ3) is 5.57. The number of esters is 1. The van der Waals surface area contributed by atoms with Gasteiger partial charge < -0.3 is 9.64 Å². The van der Waals surface area contributed by atoms with E-state index in [2.05, 4.69) is 5.10 Å². The Morgan fingerprint density at radius 3 is 2.57 bits per heavy atom. The molecule has 0 radical (unpaired) electrons. The Balaban J connectivity index is 2.56. The van der Waals surface area contributed by atoms with Crippen LogP contribution in [0, 0.1) is 13.8 Å². The summed E-state index contributed by atoms with van der Waals surface area (Å²) in [5.41, 5.74) is 1.98. The minimum absolute atomic E-state index is 0.0254. The highest BCUT2D eigenvalue weighted by atomic mass is 16.5. The first-order chi connectivity index (χ1) is 9.97. The van der Waals surface area contributed by atoms with Gasteiger partial charge in [0.2, 0.25) is 5.91 Å². The molecule has 0 saturated heterocycles. The molecule has 0 unspecified atom stereocenters. The fourth-order valence-corrected chi connectivity index (χ4v) is 2.19. The van der Waals surface area contributed by atoms with Crippen molar-refractivity contribution in [1.82, 2.24) is 14.7 Å². The summed E-state index contributed by atoms with van der Waals surface area (Å²) in [7, 11) is 0. The van der Waals surface area contributed by atoms with Gasteiger partial charge in [0.15, 0.2) is 0 Å². The zero-order valence-electron chi connectivity index (χ0n) is 13.4. The predicted octanol–water partition coefficient (Wildman–Crippen LogP) is 1.69. The highest BCUT2D eigenvalue weighted by molar-refractivity contribution is 5.82. The smallest absolute Gasteiger partial charge is 0.325 e. The normalized spacial score (nSPS) is 10.5. The minimum atomic E-state index is -0.356. The molecule has 21 heavy (non-hydrogen) atoms. The van der Waals surface area contributed by atoms with Crippen molar-refractivity contribution in [2.45, 2.75) is 47.1 Å². The molecule has 1 aromatic heterocycles. The Morgan fingerprint density at radius 2 is 2.05 bits per heavy atom. The molecule has 0 saturated carbocycles. The summed E-state index contributed by atoms with van der Waals surface area (Å²) in [4.78, 5) is 25.3. The number of carbonyl (C=O) groups is 2. The van der Waals surface area contributed by atoms with Crippen molar-refractivity contribution in [3.8, 4) is 0 Å². The van der Waals surface area contributed by atoms with Crippen molar-refractivity contribution >= 4 is 11.9 Å². The van der Waals surface area contributed by atoms with E-state index in [4.69, 9.17) is 4.74 Å². The maximum Gasteiger partial charge on any atom is 0.325 e. The number of rotatable bonds is 8. The van der Waals surface area contributed by atoms with Crippen molar-refractivity contribution in [1.29, 1.82) is 0 Å². The second kappa shape index (κ2) is 8.44. The molecule has 1 aromatic rings. The molecular formula is C15H25N3O3. The van der Waals surface area contributed by atoms with Crippen molar-refractivity contribution < 1.29 is 14.3 Å². The van der Waals surface area contributed by atoms with Gasteiger partial charge in [-0.1, -0.05) is 6.92 Å². The molecule has 0 N–H and O–H groups in total. The summed E-state index contributed by atoms with van der Waals surface area (Å²) in [6, 6.07) is 1.98. The predicted molar refractivity (Wildman–Crippen MR) is 79.8 cm³/mol. The van der Waals surface area contributed by atoms with Gasteiger partial charge in [0, 0.05) is 25.2 Å². The van der Waals surface area contributed by atoms with E-state index >= 15 is 0 Å². The van der Waals surface area contributed by atoms with E-state index in [0.717, 1.165) is 17.8 Å². The van der Waals surface area contributed by atoms with Crippen molar-refractivity contribution in [2.24, 2.45) is 0 Å². The highest BCUT2D eigenvalue weighted by Gasteiger charge is 2.17. The number of aromatic nitrogens is 2. The summed E-state index contributed by atoms with van der Waals surface area (Å²) >= 11 is 0. The van der Waals surface area contributed by atoms with E-state index in [1.807, 2.05) is 31.5 Å². The monoisotopic (exact) mass is 295 g/mol. The average molecular weight is 295 g/mol. The van der Waals surface area contributed by atoms with Crippen molar-refractivity contribution in [3.63, 3.8) is 0 Å². The van der Waals surface area contributed by atoms with Crippen LogP contribution in [0.5, 0.6) is 0 Å². The number of carbonyl (C=O) groups excluding carboxylic acids is 2. The second-order valence-corrected chi connectivity index (χ2v) is 5.02. The van der Waals surface area contributed by atoms with E-state index in [9.17, 15) is 9.59 Å². The van der Waals surface area contributed by atoms with Crippen molar-refractivity contribution in [2.75, 3.05) is 19.7 Å². The summed E-state index contributed by atoms with van der Waals surface area (Å²) < 4.78 is 6.72. The van der Waals surface area contributed by atoms with Crippen LogP contribution in [0.4, 0.5) is 0 Å². The molecule has 6 heteroatoms. The fourth-order valence-electron chi connectivity index (χ4n) is 2.19. The molecule has 0 aliphatic heterocycles. The van der Waals surface area contributed by atoms with E-state index in [1.165, 1.54) is 0 Å². The van der Waals surface area contributed by atoms with E-state index in [0.29, 0.717) is 26.1 Å². The molecule has 0 aliphatic carbocycles. The zero-order valence-corrected chi connectivity index (χ0v) is 13.4. The standard InChI is InChI=1S/C15H25N3O3/c1-5-8-17(11-15(20)21-6-2)14(19)7-9-18-13(4)10-12(3)16-18/h10H,5-9,11H2,1-4H3. The molecule has 0 spiro atoms. The van der Waals surface area contributed by atoms with Crippen LogP contribution < -0.4 is 0 Å². The molecule has 6 nitrogen and oxygen atoms in total. The number of amides is 1. The van der Waals surface area contributed by atoms with Crippen LogP contribution in [0.15, 0.2) is 6.07 Å². The number of ether oxygens (including phenoxy) is 1. The Morgan fingerprint density at radius 1 is 1.33 bits per heavy atom. The van der Waals surface area contributed by atoms with Gasteiger partial charge in [0.1, 0.15) is 6.54 Å². The first kappa shape index (κ1) is 17.2. The van der Waals surface area contributed by atoms with Gasteiger partial charge >= 0.3 is 5.97 Å². The molecule has 118 valence electrons. The third-order valence-corrected chi connectivity index (χ3v) is 3.11. The second-order valence-electron chi connectivity index (χ2n) is 5.02. The number of hydrogen-bond donors (Lipinski definition) is 0. The largest absolute Gasteiger partial charge is 0.465 e.